The van der Waals surface area contributed by atoms with Crippen LogP contribution in [0, 0.1) is 12.3 Å². The molecule has 0 bridgehead atoms. The quantitative estimate of drug-likeness (QED) is 0.591. The van der Waals surface area contributed by atoms with Crippen molar-refractivity contribution >= 4 is 23.0 Å². The first-order valence-corrected chi connectivity index (χ1v) is 4.97. The molecule has 0 radical (unpaired) electrons. The highest BCUT2D eigenvalue weighted by Crippen LogP contribution is 2.04. The number of H-pyrrole nitrogens is 2. The van der Waals surface area contributed by atoms with Gasteiger partial charge in [-0.15, -0.1) is 6.42 Å². The summed E-state index contributed by atoms with van der Waals surface area (Å²) in [5, 5.41) is 2.32. The molecule has 2 aromatic heterocycles. The van der Waals surface area contributed by atoms with Gasteiger partial charge < -0.3 is 0 Å². The Bertz CT molecular complexity index is 773. The number of fused-ring (bicyclic) bond motifs is 1. The Balaban J connectivity index is 2.71. The van der Waals surface area contributed by atoms with Crippen molar-refractivity contribution in [2.75, 3.05) is 5.32 Å². The van der Waals surface area contributed by atoms with Crippen molar-refractivity contribution in [3.8, 4) is 12.3 Å². The van der Waals surface area contributed by atoms with E-state index in [1.165, 1.54) is 6.92 Å². The van der Waals surface area contributed by atoms with Gasteiger partial charge in [0.05, 0.1) is 6.54 Å². The van der Waals surface area contributed by atoms with Crippen LogP contribution in [0.1, 0.15) is 6.92 Å². The zero-order valence-corrected chi connectivity index (χ0v) is 9.40. The molecule has 0 fully saturated rings. The summed E-state index contributed by atoms with van der Waals surface area (Å²) in [7, 11) is 0. The fourth-order valence-corrected chi connectivity index (χ4v) is 1.54. The number of hydrogen-bond donors (Lipinski definition) is 3. The van der Waals surface area contributed by atoms with Gasteiger partial charge in [-0.2, -0.15) is 4.98 Å². The van der Waals surface area contributed by atoms with Gasteiger partial charge in [0.25, 0.3) is 5.56 Å². The Morgan fingerprint density at radius 1 is 1.50 bits per heavy atom. The van der Waals surface area contributed by atoms with E-state index in [1.807, 2.05) is 0 Å². The maximum Gasteiger partial charge on any atom is 0.328 e. The van der Waals surface area contributed by atoms with E-state index in [4.69, 9.17) is 6.42 Å². The third-order valence-electron chi connectivity index (χ3n) is 2.18. The van der Waals surface area contributed by atoms with Crippen LogP contribution in [0.3, 0.4) is 0 Å². The lowest BCUT2D eigenvalue weighted by atomic mass is 10.5. The van der Waals surface area contributed by atoms with Crippen LogP contribution in [0.25, 0.3) is 11.2 Å². The number of hydrogen-bond acceptors (Lipinski definition) is 4. The van der Waals surface area contributed by atoms with Gasteiger partial charge in [-0.05, 0) is 0 Å². The van der Waals surface area contributed by atoms with Crippen LogP contribution in [0.4, 0.5) is 5.95 Å². The van der Waals surface area contributed by atoms with Crippen molar-refractivity contribution in [1.82, 2.24) is 19.5 Å². The van der Waals surface area contributed by atoms with Gasteiger partial charge in [0.1, 0.15) is 0 Å². The van der Waals surface area contributed by atoms with Crippen molar-refractivity contribution in [3.63, 3.8) is 0 Å². The summed E-state index contributed by atoms with van der Waals surface area (Å²) in [6.45, 7) is 1.24. The molecule has 0 aliphatic heterocycles. The van der Waals surface area contributed by atoms with Crippen LogP contribution in [0.2, 0.25) is 0 Å². The zero-order chi connectivity index (χ0) is 13.3. The number of amides is 1. The molecule has 0 atom stereocenters. The molecule has 0 saturated heterocycles. The number of aromatic amines is 2. The Labute approximate surface area is 100 Å². The predicted octanol–water partition coefficient (Wildman–Crippen LogP) is -0.996. The number of imidazole rings is 1. The molecule has 8 heteroatoms. The molecule has 0 unspecified atom stereocenters. The molecular formula is C10H9N5O3. The van der Waals surface area contributed by atoms with Gasteiger partial charge in [-0.3, -0.25) is 29.4 Å². The van der Waals surface area contributed by atoms with Gasteiger partial charge in [0.2, 0.25) is 11.9 Å². The van der Waals surface area contributed by atoms with Crippen LogP contribution >= 0.6 is 0 Å². The molecule has 0 aliphatic carbocycles. The lowest BCUT2D eigenvalue weighted by Gasteiger charge is -2.00. The molecule has 2 aromatic rings. The Morgan fingerprint density at radius 2 is 2.22 bits per heavy atom. The number of nitrogens with one attached hydrogen (secondary N) is 3. The highest BCUT2D eigenvalue weighted by molar-refractivity contribution is 5.87. The molecule has 92 valence electrons. The lowest BCUT2D eigenvalue weighted by Crippen LogP contribution is -2.21. The topological polar surface area (TPSA) is 113 Å². The molecule has 18 heavy (non-hydrogen) atoms. The summed E-state index contributed by atoms with van der Waals surface area (Å²) in [6, 6.07) is 0. The smallest absolute Gasteiger partial charge is 0.296 e. The number of nitrogens with zero attached hydrogens (tertiary/aromatic N) is 2. The maximum absolute atomic E-state index is 11.8. The molecule has 3 N–H and O–H groups in total. The molecule has 2 heterocycles. The van der Waals surface area contributed by atoms with E-state index in [9.17, 15) is 14.4 Å². The summed E-state index contributed by atoms with van der Waals surface area (Å²) in [6.07, 6.45) is 5.11. The average molecular weight is 247 g/mol. The predicted molar refractivity (Wildman–Crippen MR) is 64.1 cm³/mol. The van der Waals surface area contributed by atoms with Gasteiger partial charge in [0.15, 0.2) is 11.2 Å². The first-order chi connectivity index (χ1) is 8.52. The van der Waals surface area contributed by atoms with E-state index >= 15 is 0 Å². The molecule has 8 nitrogen and oxygen atoms in total. The minimum atomic E-state index is -0.558. The molecule has 0 spiro atoms. The van der Waals surface area contributed by atoms with Gasteiger partial charge in [-0.1, -0.05) is 5.92 Å². The maximum atomic E-state index is 11.8. The summed E-state index contributed by atoms with van der Waals surface area (Å²) in [5.74, 6) is 1.85. The third kappa shape index (κ3) is 1.89. The van der Waals surface area contributed by atoms with Crippen molar-refractivity contribution in [2.24, 2.45) is 0 Å². The molecule has 0 aliphatic rings. The van der Waals surface area contributed by atoms with E-state index in [2.05, 4.69) is 26.2 Å². The normalized spacial score (nSPS) is 10.2. The van der Waals surface area contributed by atoms with E-state index < -0.39 is 11.2 Å². The number of rotatable bonds is 2. The molecule has 2 rings (SSSR count). The van der Waals surface area contributed by atoms with Crippen LogP contribution in [-0.2, 0) is 11.3 Å². The van der Waals surface area contributed by atoms with E-state index in [0.717, 1.165) is 4.57 Å². The van der Waals surface area contributed by atoms with Gasteiger partial charge in [-0.25, -0.2) is 4.79 Å². The van der Waals surface area contributed by atoms with Crippen LogP contribution in [0.15, 0.2) is 9.59 Å². The first kappa shape index (κ1) is 11.7. The number of aromatic nitrogens is 4. The summed E-state index contributed by atoms with van der Waals surface area (Å²) < 4.78 is 1.10. The zero-order valence-electron chi connectivity index (χ0n) is 9.40. The fourth-order valence-electron chi connectivity index (χ4n) is 1.54. The first-order valence-electron chi connectivity index (χ1n) is 4.97. The Morgan fingerprint density at radius 3 is 2.83 bits per heavy atom. The van der Waals surface area contributed by atoms with E-state index in [1.54, 1.807) is 0 Å². The standard InChI is InChI=1S/C10H9N5O3/c1-3-4-15-6-7(13-10(15)18)12-9(11-5(2)16)14-8(6)17/h1H,4H2,2H3,(H3,11,12,13,14,16,17,18). The lowest BCUT2D eigenvalue weighted by molar-refractivity contribution is -0.114. The van der Waals surface area contributed by atoms with Crippen LogP contribution in [-0.4, -0.2) is 25.4 Å². The minimum absolute atomic E-state index is 0.0332. The summed E-state index contributed by atoms with van der Waals surface area (Å²) in [4.78, 5) is 42.8. The van der Waals surface area contributed by atoms with Crippen LogP contribution < -0.4 is 16.6 Å². The summed E-state index contributed by atoms with van der Waals surface area (Å²) >= 11 is 0. The molecular weight excluding hydrogens is 238 g/mol. The molecule has 1 amide bonds. The Kier molecular flexibility index (Phi) is 2.73. The molecule has 0 saturated carbocycles. The monoisotopic (exact) mass is 247 g/mol. The Hall–Kier alpha value is -2.82. The number of terminal acetylenes is 1. The average Bonchev–Trinajstić information content (AvgIpc) is 2.55. The number of carbonyl (C=O) groups excluding carboxylic acids is 1. The number of carbonyl (C=O) groups is 1. The van der Waals surface area contributed by atoms with Gasteiger partial charge in [0, 0.05) is 6.92 Å². The van der Waals surface area contributed by atoms with Crippen molar-refractivity contribution in [2.45, 2.75) is 13.5 Å². The van der Waals surface area contributed by atoms with Gasteiger partial charge >= 0.3 is 5.69 Å². The number of anilines is 1. The summed E-state index contributed by atoms with van der Waals surface area (Å²) in [5.41, 5.74) is -0.965. The fraction of sp³-hybridized carbons (Fsp3) is 0.200. The SMILES string of the molecule is C#CCn1c(=O)[nH]c2nc(NC(C)=O)[nH]c(=O)c21. The van der Waals surface area contributed by atoms with Crippen molar-refractivity contribution < 1.29 is 4.79 Å². The second kappa shape index (κ2) is 4.21. The second-order valence-corrected chi connectivity index (χ2v) is 3.51. The highest BCUT2D eigenvalue weighted by Gasteiger charge is 2.12. The van der Waals surface area contributed by atoms with Crippen molar-refractivity contribution in [1.29, 1.82) is 0 Å². The largest absolute Gasteiger partial charge is 0.328 e. The highest BCUT2D eigenvalue weighted by atomic mass is 16.2. The van der Waals surface area contributed by atoms with Crippen molar-refractivity contribution in [3.05, 3.63) is 20.8 Å². The minimum Gasteiger partial charge on any atom is -0.296 e. The van der Waals surface area contributed by atoms with Crippen LogP contribution in [0.5, 0.6) is 0 Å². The van der Waals surface area contributed by atoms with E-state index in [0.29, 0.717) is 0 Å². The molecule has 0 aromatic carbocycles. The third-order valence-corrected chi connectivity index (χ3v) is 2.18. The van der Waals surface area contributed by atoms with E-state index in [-0.39, 0.29) is 29.6 Å². The second-order valence-electron chi connectivity index (χ2n) is 3.51.